The molecular formula is C42H28N2O. The fraction of sp³-hybridized carbons (Fsp3) is 0.0476. The van der Waals surface area contributed by atoms with E-state index in [0.717, 1.165) is 80.3 Å². The normalized spacial score (nSPS) is 12.0. The fourth-order valence-electron chi connectivity index (χ4n) is 6.14. The first-order valence-corrected chi connectivity index (χ1v) is 15.2. The van der Waals surface area contributed by atoms with Crippen molar-refractivity contribution >= 4 is 6.08 Å². The number of nitrogens with zero attached hydrogens (tertiary/aromatic N) is 2. The lowest BCUT2D eigenvalue weighted by Crippen LogP contribution is -2.00. The van der Waals surface area contributed by atoms with Gasteiger partial charge in [0.05, 0.1) is 11.4 Å². The zero-order chi connectivity index (χ0) is 30.0. The minimum absolute atomic E-state index is 0.643. The van der Waals surface area contributed by atoms with E-state index in [1.807, 2.05) is 54.6 Å². The third-order valence-corrected chi connectivity index (χ3v) is 8.27. The van der Waals surface area contributed by atoms with Crippen molar-refractivity contribution in [2.24, 2.45) is 0 Å². The molecule has 45 heavy (non-hydrogen) atoms. The van der Waals surface area contributed by atoms with Crippen LogP contribution < -0.4 is 0 Å². The van der Waals surface area contributed by atoms with Crippen LogP contribution in [-0.2, 0) is 6.42 Å². The molecule has 7 aromatic rings. The highest BCUT2D eigenvalue weighted by Crippen LogP contribution is 2.47. The fourth-order valence-corrected chi connectivity index (χ4v) is 6.14. The van der Waals surface area contributed by atoms with E-state index in [1.54, 1.807) is 0 Å². The van der Waals surface area contributed by atoms with Crippen molar-refractivity contribution in [3.05, 3.63) is 163 Å². The molecule has 1 aliphatic rings. The Bertz CT molecular complexity index is 2070. The predicted molar refractivity (Wildman–Crippen MR) is 182 cm³/mol. The van der Waals surface area contributed by atoms with E-state index >= 15 is 0 Å². The molecule has 0 radical (unpaired) electrons. The Morgan fingerprint density at radius 3 is 1.89 bits per heavy atom. The van der Waals surface area contributed by atoms with Gasteiger partial charge in [-0.25, -0.2) is 9.97 Å². The van der Waals surface area contributed by atoms with Crippen molar-refractivity contribution < 1.29 is 4.42 Å². The lowest BCUT2D eigenvalue weighted by Gasteiger charge is -2.16. The van der Waals surface area contributed by atoms with Crippen LogP contribution in [0.2, 0.25) is 0 Å². The standard InChI is InChI=1S/C42H28N2O/c1-5-16-29(17-6-1)33-26-15-27-36(39(33)41-35-25-14-13-24-34(35)40(45-41)32-22-11-4-12-23-32)42-43-37(30-18-7-2-8-19-30)28-38(44-42)31-20-9-3-10-21-31/h1-5,7-13,15-16,18-24,26-28H,14,25H2. The number of rotatable bonds is 6. The third-order valence-electron chi connectivity index (χ3n) is 8.27. The smallest absolute Gasteiger partial charge is 0.161 e. The Kier molecular flexibility index (Phi) is 6.87. The Hall–Kier alpha value is -5.98. The molecule has 3 heteroatoms. The third kappa shape index (κ3) is 5.03. The molecule has 3 nitrogen and oxygen atoms in total. The average molecular weight is 577 g/mol. The van der Waals surface area contributed by atoms with E-state index < -0.39 is 0 Å². The Morgan fingerprint density at radius 1 is 0.600 bits per heavy atom. The Balaban J connectivity index is 1.43. The molecule has 0 atom stereocenters. The topological polar surface area (TPSA) is 38.9 Å². The van der Waals surface area contributed by atoms with Crippen molar-refractivity contribution in [2.45, 2.75) is 12.8 Å². The maximum absolute atomic E-state index is 6.96. The van der Waals surface area contributed by atoms with Crippen molar-refractivity contribution in [2.75, 3.05) is 0 Å². The van der Waals surface area contributed by atoms with Crippen molar-refractivity contribution in [1.29, 1.82) is 0 Å². The van der Waals surface area contributed by atoms with Gasteiger partial charge in [-0.1, -0.05) is 140 Å². The van der Waals surface area contributed by atoms with Gasteiger partial charge in [-0.15, -0.1) is 0 Å². The summed E-state index contributed by atoms with van der Waals surface area (Å²) >= 11 is 0. The van der Waals surface area contributed by atoms with Crippen LogP contribution in [0.4, 0.5) is 0 Å². The van der Waals surface area contributed by atoms with Crippen molar-refractivity contribution in [3.63, 3.8) is 0 Å². The zero-order valence-corrected chi connectivity index (χ0v) is 24.6. The van der Waals surface area contributed by atoms with Gasteiger partial charge in [-0.2, -0.15) is 0 Å². The summed E-state index contributed by atoms with van der Waals surface area (Å²) in [4.78, 5) is 10.4. The molecule has 0 N–H and O–H groups in total. The maximum atomic E-state index is 6.96. The number of hydrogen-bond donors (Lipinski definition) is 0. The van der Waals surface area contributed by atoms with E-state index in [-0.39, 0.29) is 0 Å². The van der Waals surface area contributed by atoms with Crippen LogP contribution in [0.15, 0.2) is 144 Å². The first-order valence-electron chi connectivity index (χ1n) is 15.2. The minimum atomic E-state index is 0.643. The largest absolute Gasteiger partial charge is 0.455 e. The van der Waals surface area contributed by atoms with Gasteiger partial charge in [0.25, 0.3) is 0 Å². The molecule has 0 saturated heterocycles. The summed E-state index contributed by atoms with van der Waals surface area (Å²) in [5, 5.41) is 0. The molecule has 2 aromatic heterocycles. The van der Waals surface area contributed by atoms with Gasteiger partial charge < -0.3 is 4.42 Å². The molecular weight excluding hydrogens is 548 g/mol. The van der Waals surface area contributed by atoms with E-state index in [1.165, 1.54) is 5.56 Å². The van der Waals surface area contributed by atoms with Crippen LogP contribution in [0.1, 0.15) is 17.5 Å². The van der Waals surface area contributed by atoms with Crippen molar-refractivity contribution in [1.82, 2.24) is 9.97 Å². The van der Waals surface area contributed by atoms with Gasteiger partial charge in [-0.3, -0.25) is 0 Å². The molecule has 2 heterocycles. The van der Waals surface area contributed by atoms with Crippen LogP contribution in [0.5, 0.6) is 0 Å². The Morgan fingerprint density at radius 2 is 1.24 bits per heavy atom. The number of allylic oxidation sites excluding steroid dienone is 1. The monoisotopic (exact) mass is 576 g/mol. The van der Waals surface area contributed by atoms with Gasteiger partial charge >= 0.3 is 0 Å². The summed E-state index contributed by atoms with van der Waals surface area (Å²) in [6, 6.07) is 51.8. The van der Waals surface area contributed by atoms with Gasteiger partial charge in [0, 0.05) is 50.1 Å². The minimum Gasteiger partial charge on any atom is -0.455 e. The highest BCUT2D eigenvalue weighted by Gasteiger charge is 2.27. The first kappa shape index (κ1) is 26.6. The molecule has 212 valence electrons. The highest BCUT2D eigenvalue weighted by atomic mass is 16.3. The average Bonchev–Trinajstić information content (AvgIpc) is 3.52. The SMILES string of the molecule is c1cccc(-c2cccc(-c3nc(-c4ccccc4)cc(-c4ccccc4)n3)c2-c2oc(-c3ccccc3)c3c2CCC=C3)c#1. The quantitative estimate of drug-likeness (QED) is 0.198. The summed E-state index contributed by atoms with van der Waals surface area (Å²) < 4.78 is 6.96. The highest BCUT2D eigenvalue weighted by molar-refractivity contribution is 5.95. The van der Waals surface area contributed by atoms with E-state index in [4.69, 9.17) is 14.4 Å². The summed E-state index contributed by atoms with van der Waals surface area (Å²) in [6.07, 6.45) is 6.28. The van der Waals surface area contributed by atoms with Crippen molar-refractivity contribution in [3.8, 4) is 67.7 Å². The van der Waals surface area contributed by atoms with Crippen LogP contribution in [0.3, 0.4) is 0 Å². The van der Waals surface area contributed by atoms with Crippen LogP contribution in [-0.4, -0.2) is 9.97 Å². The predicted octanol–water partition coefficient (Wildman–Crippen LogP) is 10.6. The summed E-state index contributed by atoms with van der Waals surface area (Å²) in [7, 11) is 0. The Labute approximate surface area is 263 Å². The molecule has 0 aliphatic heterocycles. The molecule has 0 amide bonds. The summed E-state index contributed by atoms with van der Waals surface area (Å²) in [6.45, 7) is 0. The molecule has 0 fully saturated rings. The van der Waals surface area contributed by atoms with Crippen LogP contribution in [0, 0.1) is 12.1 Å². The lowest BCUT2D eigenvalue weighted by atomic mass is 9.88. The molecule has 8 rings (SSSR count). The molecule has 1 aliphatic carbocycles. The van der Waals surface area contributed by atoms with E-state index in [9.17, 15) is 0 Å². The zero-order valence-electron chi connectivity index (χ0n) is 24.6. The lowest BCUT2D eigenvalue weighted by molar-refractivity contribution is 0.594. The number of hydrogen-bond acceptors (Lipinski definition) is 3. The first-order chi connectivity index (χ1) is 22.3. The van der Waals surface area contributed by atoms with Crippen LogP contribution >= 0.6 is 0 Å². The number of furan rings is 1. The number of aromatic nitrogens is 2. The molecule has 0 bridgehead atoms. The van der Waals surface area contributed by atoms with Gasteiger partial charge in [0.1, 0.15) is 11.5 Å². The van der Waals surface area contributed by atoms with Crippen LogP contribution in [0.25, 0.3) is 73.8 Å². The molecule has 0 saturated carbocycles. The van der Waals surface area contributed by atoms with E-state index in [2.05, 4.69) is 103 Å². The summed E-state index contributed by atoms with van der Waals surface area (Å²) in [5.74, 6) is 2.38. The molecule has 0 unspecified atom stereocenters. The number of fused-ring (bicyclic) bond motifs is 1. The van der Waals surface area contributed by atoms with Gasteiger partial charge in [-0.05, 0) is 31.0 Å². The second kappa shape index (κ2) is 11.6. The number of benzene rings is 4. The second-order valence-electron chi connectivity index (χ2n) is 11.1. The maximum Gasteiger partial charge on any atom is 0.161 e. The molecule has 0 spiro atoms. The van der Waals surface area contributed by atoms with Gasteiger partial charge in [0.2, 0.25) is 0 Å². The van der Waals surface area contributed by atoms with E-state index in [0.29, 0.717) is 5.82 Å². The van der Waals surface area contributed by atoms with Gasteiger partial charge in [0.15, 0.2) is 5.82 Å². The molecule has 5 aromatic carbocycles. The summed E-state index contributed by atoms with van der Waals surface area (Å²) in [5.41, 5.74) is 11.0. The second-order valence-corrected chi connectivity index (χ2v) is 11.1.